The first-order valence-corrected chi connectivity index (χ1v) is 7.43. The molecule has 1 N–H and O–H groups in total. The third-order valence-corrected chi connectivity index (χ3v) is 3.53. The summed E-state index contributed by atoms with van der Waals surface area (Å²) < 4.78 is 5.56. The van der Waals surface area contributed by atoms with Gasteiger partial charge in [0, 0.05) is 6.20 Å². The average molecular weight is 311 g/mol. The lowest BCUT2D eigenvalue weighted by atomic mass is 10.2. The van der Waals surface area contributed by atoms with Crippen LogP contribution in [0.5, 0.6) is 5.75 Å². The van der Waals surface area contributed by atoms with Gasteiger partial charge in [-0.1, -0.05) is 18.2 Å². The lowest BCUT2D eigenvalue weighted by Crippen LogP contribution is -2.40. The number of anilines is 1. The monoisotopic (exact) mass is 311 g/mol. The highest BCUT2D eigenvalue weighted by atomic mass is 16.5. The lowest BCUT2D eigenvalue weighted by Gasteiger charge is -2.21. The number of rotatable bonds is 4. The van der Waals surface area contributed by atoms with Gasteiger partial charge in [0.2, 0.25) is 11.8 Å². The van der Waals surface area contributed by atoms with E-state index in [9.17, 15) is 9.59 Å². The molecule has 2 amide bonds. The van der Waals surface area contributed by atoms with Crippen LogP contribution in [0.15, 0.2) is 48.7 Å². The highest BCUT2D eigenvalue weighted by Crippen LogP contribution is 2.30. The van der Waals surface area contributed by atoms with Crippen molar-refractivity contribution in [2.24, 2.45) is 0 Å². The van der Waals surface area contributed by atoms with Crippen LogP contribution in [0.3, 0.4) is 0 Å². The van der Waals surface area contributed by atoms with Crippen molar-refractivity contribution in [1.82, 2.24) is 10.3 Å². The molecule has 0 saturated carbocycles. The van der Waals surface area contributed by atoms with Gasteiger partial charge in [0.15, 0.2) is 0 Å². The first-order chi connectivity index (χ1) is 11.2. The van der Waals surface area contributed by atoms with Gasteiger partial charge in [0.25, 0.3) is 0 Å². The molecule has 2 heterocycles. The lowest BCUT2D eigenvalue weighted by molar-refractivity contribution is -0.124. The molecule has 0 radical (unpaired) electrons. The van der Waals surface area contributed by atoms with Crippen molar-refractivity contribution in [2.75, 3.05) is 18.1 Å². The molecule has 0 spiro atoms. The first kappa shape index (κ1) is 15.0. The molecule has 0 aliphatic carbocycles. The second kappa shape index (κ2) is 6.91. The number of fused-ring (bicyclic) bond motifs is 1. The van der Waals surface area contributed by atoms with Crippen LogP contribution < -0.4 is 15.0 Å². The summed E-state index contributed by atoms with van der Waals surface area (Å²) in [5.74, 6) is 0.263. The summed E-state index contributed by atoms with van der Waals surface area (Å²) in [6.45, 7) is 0.619. The molecule has 2 aromatic rings. The van der Waals surface area contributed by atoms with Crippen LogP contribution in [0.4, 0.5) is 5.69 Å². The number of aromatic nitrogens is 1. The second-order valence-corrected chi connectivity index (χ2v) is 5.14. The summed E-state index contributed by atoms with van der Waals surface area (Å²) >= 11 is 0. The number of nitrogens with zero attached hydrogens (tertiary/aromatic N) is 2. The largest absolute Gasteiger partial charge is 0.491 e. The minimum Gasteiger partial charge on any atom is -0.491 e. The Bertz CT molecular complexity index is 703. The zero-order valence-electron chi connectivity index (χ0n) is 12.6. The predicted molar refractivity (Wildman–Crippen MR) is 85.0 cm³/mol. The van der Waals surface area contributed by atoms with Gasteiger partial charge in [0.05, 0.1) is 31.0 Å². The summed E-state index contributed by atoms with van der Waals surface area (Å²) in [4.78, 5) is 30.0. The van der Waals surface area contributed by atoms with E-state index in [-0.39, 0.29) is 24.8 Å². The van der Waals surface area contributed by atoms with Crippen molar-refractivity contribution in [3.63, 3.8) is 0 Å². The third kappa shape index (κ3) is 3.66. The smallest absolute Gasteiger partial charge is 0.240 e. The van der Waals surface area contributed by atoms with Crippen molar-refractivity contribution in [3.05, 3.63) is 54.4 Å². The van der Waals surface area contributed by atoms with Crippen molar-refractivity contribution >= 4 is 17.5 Å². The number of nitrogens with one attached hydrogen (secondary N) is 1. The van der Waals surface area contributed by atoms with Crippen LogP contribution in [-0.2, 0) is 16.1 Å². The van der Waals surface area contributed by atoms with Gasteiger partial charge in [-0.05, 0) is 24.3 Å². The van der Waals surface area contributed by atoms with Crippen molar-refractivity contribution in [1.29, 1.82) is 0 Å². The van der Waals surface area contributed by atoms with Gasteiger partial charge >= 0.3 is 0 Å². The van der Waals surface area contributed by atoms with Crippen molar-refractivity contribution in [2.45, 2.75) is 13.0 Å². The van der Waals surface area contributed by atoms with E-state index in [2.05, 4.69) is 10.3 Å². The average Bonchev–Trinajstić information content (AvgIpc) is 2.74. The Kier molecular flexibility index (Phi) is 4.52. The van der Waals surface area contributed by atoms with E-state index in [0.29, 0.717) is 24.6 Å². The second-order valence-electron chi connectivity index (χ2n) is 5.14. The third-order valence-electron chi connectivity index (χ3n) is 3.53. The van der Waals surface area contributed by atoms with Crippen LogP contribution in [0.2, 0.25) is 0 Å². The van der Waals surface area contributed by atoms with E-state index in [1.165, 1.54) is 4.90 Å². The maximum Gasteiger partial charge on any atom is 0.240 e. The van der Waals surface area contributed by atoms with Crippen LogP contribution in [0.25, 0.3) is 0 Å². The van der Waals surface area contributed by atoms with Gasteiger partial charge in [-0.2, -0.15) is 0 Å². The first-order valence-electron chi connectivity index (χ1n) is 7.43. The molecule has 118 valence electrons. The number of benzene rings is 1. The summed E-state index contributed by atoms with van der Waals surface area (Å²) in [5, 5.41) is 2.78. The van der Waals surface area contributed by atoms with Crippen LogP contribution in [0, 0.1) is 0 Å². The predicted octanol–water partition coefficient (Wildman–Crippen LogP) is 1.51. The fourth-order valence-corrected chi connectivity index (χ4v) is 2.38. The molecule has 6 nitrogen and oxygen atoms in total. The van der Waals surface area contributed by atoms with E-state index >= 15 is 0 Å². The maximum absolute atomic E-state index is 12.2. The Labute approximate surface area is 134 Å². The van der Waals surface area contributed by atoms with Crippen LogP contribution in [0.1, 0.15) is 12.1 Å². The van der Waals surface area contributed by atoms with Gasteiger partial charge in [0.1, 0.15) is 12.3 Å². The van der Waals surface area contributed by atoms with E-state index in [1.54, 1.807) is 18.3 Å². The Morgan fingerprint density at radius 2 is 2.04 bits per heavy atom. The van der Waals surface area contributed by atoms with E-state index < -0.39 is 0 Å². The fourth-order valence-electron chi connectivity index (χ4n) is 2.38. The number of carbonyl (C=O) groups is 2. The van der Waals surface area contributed by atoms with Gasteiger partial charge in [-0.25, -0.2) is 0 Å². The minimum atomic E-state index is -0.235. The van der Waals surface area contributed by atoms with Gasteiger partial charge in [-0.15, -0.1) is 0 Å². The highest BCUT2D eigenvalue weighted by molar-refractivity contribution is 6.00. The number of carbonyl (C=O) groups excluding carboxylic acids is 2. The highest BCUT2D eigenvalue weighted by Gasteiger charge is 2.24. The summed E-state index contributed by atoms with van der Waals surface area (Å²) in [6, 6.07) is 12.8. The molecule has 0 bridgehead atoms. The molecule has 1 aromatic heterocycles. The minimum absolute atomic E-state index is 0.0357. The SMILES string of the molecule is O=C(CN1C(=O)CCOc2ccccc21)NCc1ccccn1. The van der Waals surface area contributed by atoms with E-state index in [1.807, 2.05) is 30.3 Å². The molecule has 0 unspecified atom stereocenters. The summed E-state index contributed by atoms with van der Waals surface area (Å²) in [6.07, 6.45) is 1.93. The van der Waals surface area contributed by atoms with E-state index in [4.69, 9.17) is 4.74 Å². The van der Waals surface area contributed by atoms with Crippen LogP contribution in [-0.4, -0.2) is 29.9 Å². The molecule has 1 aliphatic heterocycles. The molecule has 1 aliphatic rings. The molecule has 6 heteroatoms. The Hall–Kier alpha value is -2.89. The number of ether oxygens (including phenoxy) is 1. The Morgan fingerprint density at radius 1 is 1.22 bits per heavy atom. The molecule has 0 fully saturated rings. The molecular formula is C17H17N3O3. The standard InChI is InChI=1S/C17H17N3O3/c21-16(19-11-13-5-3-4-9-18-13)12-20-14-6-1-2-7-15(14)23-10-8-17(20)22/h1-7,9H,8,10-12H2,(H,19,21). The molecular weight excluding hydrogens is 294 g/mol. The molecule has 0 atom stereocenters. The summed E-state index contributed by atoms with van der Waals surface area (Å²) in [7, 11) is 0. The number of amides is 2. The summed E-state index contributed by atoms with van der Waals surface area (Å²) in [5.41, 5.74) is 1.40. The normalized spacial score (nSPS) is 13.7. The maximum atomic E-state index is 12.2. The number of para-hydroxylation sites is 2. The molecule has 1 aromatic carbocycles. The van der Waals surface area contributed by atoms with Crippen molar-refractivity contribution in [3.8, 4) is 5.75 Å². The number of pyridine rings is 1. The molecule has 3 rings (SSSR count). The van der Waals surface area contributed by atoms with Gasteiger partial charge in [-0.3, -0.25) is 19.5 Å². The van der Waals surface area contributed by atoms with Crippen molar-refractivity contribution < 1.29 is 14.3 Å². The van der Waals surface area contributed by atoms with E-state index in [0.717, 1.165) is 5.69 Å². The Morgan fingerprint density at radius 3 is 2.87 bits per heavy atom. The quantitative estimate of drug-likeness (QED) is 0.929. The topological polar surface area (TPSA) is 71.5 Å². The zero-order chi connectivity index (χ0) is 16.1. The zero-order valence-corrected chi connectivity index (χ0v) is 12.6. The molecule has 23 heavy (non-hydrogen) atoms. The van der Waals surface area contributed by atoms with Gasteiger partial charge < -0.3 is 10.1 Å². The Balaban J connectivity index is 1.68. The number of hydrogen-bond donors (Lipinski definition) is 1. The van der Waals surface area contributed by atoms with Crippen LogP contribution >= 0.6 is 0 Å². The molecule has 0 saturated heterocycles. The fraction of sp³-hybridized carbons (Fsp3) is 0.235. The number of hydrogen-bond acceptors (Lipinski definition) is 4.